The average Bonchev–Trinajstić information content (AvgIpc) is 2.54. The summed E-state index contributed by atoms with van der Waals surface area (Å²) in [5, 5.41) is 3.49. The molecule has 0 radical (unpaired) electrons. The minimum Gasteiger partial charge on any atom is -0.376 e. The van der Waals surface area contributed by atoms with Crippen molar-refractivity contribution in [1.82, 2.24) is 4.31 Å². The minimum absolute atomic E-state index is 0.0890. The first kappa shape index (κ1) is 19.0. The molecule has 1 aliphatic heterocycles. The number of halogens is 1. The average molecular weight is 374 g/mol. The lowest BCUT2D eigenvalue weighted by Gasteiger charge is -2.30. The van der Waals surface area contributed by atoms with E-state index < -0.39 is 10.0 Å². The van der Waals surface area contributed by atoms with Crippen molar-refractivity contribution in [3.8, 4) is 0 Å². The molecule has 0 aromatic heterocycles. The molecule has 1 aromatic carbocycles. The van der Waals surface area contributed by atoms with E-state index in [-0.39, 0.29) is 17.6 Å². The number of piperidine rings is 1. The van der Waals surface area contributed by atoms with Crippen LogP contribution >= 0.6 is 11.6 Å². The number of hydrogen-bond acceptors (Lipinski definition) is 4. The van der Waals surface area contributed by atoms with Gasteiger partial charge in [0.05, 0.1) is 17.1 Å². The van der Waals surface area contributed by atoms with Gasteiger partial charge in [-0.05, 0) is 38.0 Å². The van der Waals surface area contributed by atoms with Gasteiger partial charge in [0.1, 0.15) is 0 Å². The van der Waals surface area contributed by atoms with Crippen molar-refractivity contribution < 1.29 is 13.2 Å². The molecule has 1 saturated heterocycles. The molecule has 2 rings (SSSR count). The van der Waals surface area contributed by atoms with E-state index in [1.54, 1.807) is 19.1 Å². The standard InChI is InChI=1S/C16H24ClN3O3S/c1-4-24(22,23)20-9-7-12(8-10-20)16(21)18-14-11-13(17)5-6-15(14)19(2)3/h5-6,11-12H,4,7-10H2,1-3H3,(H,18,21). The maximum absolute atomic E-state index is 12.5. The lowest BCUT2D eigenvalue weighted by molar-refractivity contribution is -0.120. The molecule has 0 atom stereocenters. The highest BCUT2D eigenvalue weighted by atomic mass is 35.5. The fourth-order valence-electron chi connectivity index (χ4n) is 2.81. The Morgan fingerprint density at radius 2 is 1.96 bits per heavy atom. The van der Waals surface area contributed by atoms with Crippen molar-refractivity contribution in [2.45, 2.75) is 19.8 Å². The third kappa shape index (κ3) is 4.40. The molecule has 134 valence electrons. The number of benzene rings is 1. The molecule has 0 unspecified atom stereocenters. The van der Waals surface area contributed by atoms with Crippen LogP contribution in [0.2, 0.25) is 5.02 Å². The third-order valence-corrected chi connectivity index (χ3v) is 6.40. The zero-order valence-corrected chi connectivity index (χ0v) is 15.8. The van der Waals surface area contributed by atoms with Gasteiger partial charge in [-0.1, -0.05) is 11.6 Å². The van der Waals surface area contributed by atoms with Crippen LogP contribution in [0.1, 0.15) is 19.8 Å². The van der Waals surface area contributed by atoms with Crippen molar-refractivity contribution in [2.24, 2.45) is 5.92 Å². The minimum atomic E-state index is -3.18. The third-order valence-electron chi connectivity index (χ3n) is 4.28. The Hall–Kier alpha value is -1.31. The summed E-state index contributed by atoms with van der Waals surface area (Å²) >= 11 is 6.03. The first-order chi connectivity index (χ1) is 11.2. The highest BCUT2D eigenvalue weighted by Gasteiger charge is 2.30. The maximum Gasteiger partial charge on any atom is 0.227 e. The predicted octanol–water partition coefficient (Wildman–Crippen LogP) is 2.41. The molecule has 0 aliphatic carbocycles. The Bertz CT molecular complexity index is 699. The number of nitrogens with zero attached hydrogens (tertiary/aromatic N) is 2. The number of carbonyl (C=O) groups excluding carboxylic acids is 1. The lowest BCUT2D eigenvalue weighted by atomic mass is 9.97. The number of amides is 1. The van der Waals surface area contributed by atoms with E-state index in [0.29, 0.717) is 36.6 Å². The molecule has 1 N–H and O–H groups in total. The van der Waals surface area contributed by atoms with Crippen LogP contribution in [0, 0.1) is 5.92 Å². The molecule has 6 nitrogen and oxygen atoms in total. The van der Waals surface area contributed by atoms with Crippen molar-refractivity contribution in [3.63, 3.8) is 0 Å². The van der Waals surface area contributed by atoms with Crippen LogP contribution in [0.15, 0.2) is 18.2 Å². The van der Waals surface area contributed by atoms with Crippen LogP contribution < -0.4 is 10.2 Å². The largest absolute Gasteiger partial charge is 0.376 e. The number of hydrogen-bond donors (Lipinski definition) is 1. The zero-order valence-electron chi connectivity index (χ0n) is 14.3. The number of anilines is 2. The Morgan fingerprint density at radius 3 is 2.50 bits per heavy atom. The second-order valence-electron chi connectivity index (χ2n) is 6.12. The van der Waals surface area contributed by atoms with E-state index in [1.165, 1.54) is 4.31 Å². The fraction of sp³-hybridized carbons (Fsp3) is 0.562. The smallest absolute Gasteiger partial charge is 0.227 e. The van der Waals surface area contributed by atoms with Gasteiger partial charge in [0, 0.05) is 38.1 Å². The van der Waals surface area contributed by atoms with Gasteiger partial charge in [0.2, 0.25) is 15.9 Å². The normalized spacial score (nSPS) is 16.8. The van der Waals surface area contributed by atoms with E-state index in [9.17, 15) is 13.2 Å². The van der Waals surface area contributed by atoms with Crippen molar-refractivity contribution in [3.05, 3.63) is 23.2 Å². The summed E-state index contributed by atoms with van der Waals surface area (Å²) in [6.07, 6.45) is 1.06. The fourth-order valence-corrected chi connectivity index (χ4v) is 4.12. The van der Waals surface area contributed by atoms with E-state index in [0.717, 1.165) is 5.69 Å². The van der Waals surface area contributed by atoms with E-state index in [2.05, 4.69) is 5.32 Å². The molecule has 0 saturated carbocycles. The molecule has 0 spiro atoms. The van der Waals surface area contributed by atoms with Gasteiger partial charge in [-0.15, -0.1) is 0 Å². The SMILES string of the molecule is CCS(=O)(=O)N1CCC(C(=O)Nc2cc(Cl)ccc2N(C)C)CC1. The van der Waals surface area contributed by atoms with Gasteiger partial charge in [0.25, 0.3) is 0 Å². The summed E-state index contributed by atoms with van der Waals surface area (Å²) in [5.74, 6) is -0.185. The Morgan fingerprint density at radius 1 is 1.33 bits per heavy atom. The summed E-state index contributed by atoms with van der Waals surface area (Å²) in [5.41, 5.74) is 1.54. The first-order valence-electron chi connectivity index (χ1n) is 8.00. The lowest BCUT2D eigenvalue weighted by Crippen LogP contribution is -2.42. The second kappa shape index (κ2) is 7.72. The molecule has 24 heavy (non-hydrogen) atoms. The van der Waals surface area contributed by atoms with Crippen LogP contribution in [-0.2, 0) is 14.8 Å². The molecule has 1 amide bonds. The van der Waals surface area contributed by atoms with E-state index >= 15 is 0 Å². The summed E-state index contributed by atoms with van der Waals surface area (Å²) < 4.78 is 25.2. The van der Waals surface area contributed by atoms with Crippen molar-refractivity contribution >= 4 is 38.9 Å². The highest BCUT2D eigenvalue weighted by Crippen LogP contribution is 2.29. The number of sulfonamides is 1. The van der Waals surface area contributed by atoms with Gasteiger partial charge in [-0.3, -0.25) is 4.79 Å². The number of carbonyl (C=O) groups is 1. The van der Waals surface area contributed by atoms with Crippen molar-refractivity contribution in [1.29, 1.82) is 0 Å². The zero-order chi connectivity index (χ0) is 17.9. The monoisotopic (exact) mass is 373 g/mol. The molecular weight excluding hydrogens is 350 g/mol. The maximum atomic E-state index is 12.5. The van der Waals surface area contributed by atoms with Gasteiger partial charge >= 0.3 is 0 Å². The van der Waals surface area contributed by atoms with Gasteiger partial charge < -0.3 is 10.2 Å². The molecule has 8 heteroatoms. The van der Waals surface area contributed by atoms with Gasteiger partial charge in [0.15, 0.2) is 0 Å². The van der Waals surface area contributed by atoms with E-state index in [1.807, 2.05) is 25.1 Å². The van der Waals surface area contributed by atoms with Crippen LogP contribution in [0.5, 0.6) is 0 Å². The van der Waals surface area contributed by atoms with Gasteiger partial charge in [-0.25, -0.2) is 12.7 Å². The summed E-state index contributed by atoms with van der Waals surface area (Å²) in [6.45, 7) is 2.42. The van der Waals surface area contributed by atoms with Crippen molar-refractivity contribution in [2.75, 3.05) is 43.2 Å². The van der Waals surface area contributed by atoms with Crippen LogP contribution in [-0.4, -0.2) is 51.6 Å². The number of nitrogens with one attached hydrogen (secondary N) is 1. The van der Waals surface area contributed by atoms with E-state index in [4.69, 9.17) is 11.6 Å². The van der Waals surface area contributed by atoms with Crippen LogP contribution in [0.4, 0.5) is 11.4 Å². The summed E-state index contributed by atoms with van der Waals surface area (Å²) in [4.78, 5) is 14.4. The quantitative estimate of drug-likeness (QED) is 0.860. The van der Waals surface area contributed by atoms with Gasteiger partial charge in [-0.2, -0.15) is 0 Å². The van der Waals surface area contributed by atoms with Crippen LogP contribution in [0.3, 0.4) is 0 Å². The second-order valence-corrected chi connectivity index (χ2v) is 8.81. The summed E-state index contributed by atoms with van der Waals surface area (Å²) in [7, 11) is 0.616. The molecule has 0 bridgehead atoms. The summed E-state index contributed by atoms with van der Waals surface area (Å²) in [6, 6.07) is 5.36. The molecule has 1 aliphatic rings. The molecule has 1 heterocycles. The highest BCUT2D eigenvalue weighted by molar-refractivity contribution is 7.89. The molecule has 1 aromatic rings. The Balaban J connectivity index is 2.04. The predicted molar refractivity (Wildman–Crippen MR) is 98.2 cm³/mol. The first-order valence-corrected chi connectivity index (χ1v) is 9.99. The van der Waals surface area contributed by atoms with Crippen LogP contribution in [0.25, 0.3) is 0 Å². The molecular formula is C16H24ClN3O3S. The Kier molecular flexibility index (Phi) is 6.11. The topological polar surface area (TPSA) is 69.7 Å². The molecule has 1 fully saturated rings. The Labute approximate surface area is 148 Å². The number of rotatable bonds is 5.